The number of allylic oxidation sites excluding steroid dienone is 2. The zero-order valence-electron chi connectivity index (χ0n) is 10.8. The summed E-state index contributed by atoms with van der Waals surface area (Å²) in [5, 5.41) is 0.197. The molecule has 0 bridgehead atoms. The fourth-order valence-corrected chi connectivity index (χ4v) is 3.04. The Morgan fingerprint density at radius 1 is 1.05 bits per heavy atom. The molecule has 0 radical (unpaired) electrons. The molecule has 1 amide bonds. The van der Waals surface area contributed by atoms with E-state index >= 15 is 0 Å². The van der Waals surface area contributed by atoms with Crippen LogP contribution in [0.1, 0.15) is 5.56 Å². The summed E-state index contributed by atoms with van der Waals surface area (Å²) in [6.07, 6.45) is 6.40. The Bertz CT molecular complexity index is 670. The van der Waals surface area contributed by atoms with Crippen LogP contribution in [0, 0.1) is 0 Å². The van der Waals surface area contributed by atoms with Gasteiger partial charge in [-0.1, -0.05) is 41.9 Å². The molecule has 3 rings (SSSR count). The van der Waals surface area contributed by atoms with Crippen molar-refractivity contribution in [3.05, 3.63) is 65.2 Å². The zero-order valence-corrected chi connectivity index (χ0v) is 11.6. The van der Waals surface area contributed by atoms with Gasteiger partial charge in [-0.15, -0.1) is 0 Å². The first-order valence-electron chi connectivity index (χ1n) is 6.22. The maximum absolute atomic E-state index is 12.2. The van der Waals surface area contributed by atoms with Gasteiger partial charge < -0.3 is 4.90 Å². The molecule has 2 aliphatic rings. The zero-order chi connectivity index (χ0) is 14.3. The summed E-state index contributed by atoms with van der Waals surface area (Å²) in [6.45, 7) is 0. The van der Waals surface area contributed by atoms with E-state index in [-0.39, 0.29) is 16.7 Å². The van der Waals surface area contributed by atoms with Crippen LogP contribution in [0.15, 0.2) is 59.7 Å². The molecular formula is C16H12ClNO2. The molecule has 0 atom stereocenters. The molecule has 3 nitrogen and oxygen atoms in total. The minimum Gasteiger partial charge on any atom is -0.324 e. The van der Waals surface area contributed by atoms with Crippen LogP contribution in [0.2, 0.25) is 0 Å². The Hall–Kier alpha value is -2.13. The quantitative estimate of drug-likeness (QED) is 0.795. The first kappa shape index (κ1) is 12.9. The van der Waals surface area contributed by atoms with Crippen LogP contribution >= 0.6 is 11.6 Å². The number of amides is 1. The fraction of sp³-hybridized carbons (Fsp3) is 0.125. The molecule has 1 spiro atoms. The summed E-state index contributed by atoms with van der Waals surface area (Å²) in [6, 6.07) is 9.50. The van der Waals surface area contributed by atoms with Gasteiger partial charge in [0.2, 0.25) is 0 Å². The lowest BCUT2D eigenvalue weighted by molar-refractivity contribution is -0.125. The number of ketones is 1. The molecule has 0 saturated heterocycles. The van der Waals surface area contributed by atoms with Gasteiger partial charge in [0.05, 0.1) is 0 Å². The molecule has 0 unspecified atom stereocenters. The number of hydrogen-bond donors (Lipinski definition) is 0. The summed E-state index contributed by atoms with van der Waals surface area (Å²) in [7, 11) is 1.69. The van der Waals surface area contributed by atoms with E-state index in [4.69, 9.17) is 11.6 Å². The molecule has 1 aliphatic heterocycles. The van der Waals surface area contributed by atoms with Gasteiger partial charge in [0, 0.05) is 12.6 Å². The molecule has 0 N–H and O–H groups in total. The lowest BCUT2D eigenvalue weighted by atomic mass is 9.83. The Kier molecular flexibility index (Phi) is 2.87. The topological polar surface area (TPSA) is 37.4 Å². The van der Waals surface area contributed by atoms with E-state index in [1.165, 1.54) is 12.2 Å². The van der Waals surface area contributed by atoms with Crippen LogP contribution < -0.4 is 0 Å². The number of rotatable bonds is 1. The first-order valence-corrected chi connectivity index (χ1v) is 6.60. The number of halogens is 1. The van der Waals surface area contributed by atoms with Gasteiger partial charge in [-0.2, -0.15) is 0 Å². The second-order valence-electron chi connectivity index (χ2n) is 4.81. The fourth-order valence-electron chi connectivity index (χ4n) is 2.65. The van der Waals surface area contributed by atoms with Gasteiger partial charge in [-0.05, 0) is 29.9 Å². The molecular weight excluding hydrogens is 274 g/mol. The highest BCUT2D eigenvalue weighted by Gasteiger charge is 2.47. The van der Waals surface area contributed by atoms with Gasteiger partial charge in [0.1, 0.15) is 10.6 Å². The van der Waals surface area contributed by atoms with Crippen LogP contribution in [-0.2, 0) is 9.59 Å². The molecule has 1 aromatic rings. The SMILES string of the molecule is CN1C(=O)C(Cl)=C(c2ccccc2)C12C=CC(=O)C=C2. The van der Waals surface area contributed by atoms with Crippen molar-refractivity contribution < 1.29 is 9.59 Å². The first-order chi connectivity index (χ1) is 9.56. The molecule has 0 saturated carbocycles. The van der Waals surface area contributed by atoms with Crippen molar-refractivity contribution in [2.45, 2.75) is 5.54 Å². The predicted octanol–water partition coefficient (Wildman–Crippen LogP) is 2.54. The number of hydrogen-bond acceptors (Lipinski definition) is 2. The molecule has 1 aliphatic carbocycles. The van der Waals surface area contributed by atoms with Crippen LogP contribution in [0.4, 0.5) is 0 Å². The standard InChI is InChI=1S/C16H12ClNO2/c1-18-15(20)14(17)13(11-5-3-2-4-6-11)16(18)9-7-12(19)8-10-16/h2-10H,1H3. The molecule has 4 heteroatoms. The van der Waals surface area contributed by atoms with E-state index in [2.05, 4.69) is 0 Å². The van der Waals surface area contributed by atoms with Gasteiger partial charge in [-0.25, -0.2) is 0 Å². The molecule has 1 heterocycles. The van der Waals surface area contributed by atoms with E-state index < -0.39 is 5.54 Å². The second-order valence-corrected chi connectivity index (χ2v) is 5.19. The minimum absolute atomic E-state index is 0.0908. The maximum Gasteiger partial charge on any atom is 0.266 e. The molecule has 0 aromatic heterocycles. The normalized spacial score (nSPS) is 20.4. The summed E-state index contributed by atoms with van der Waals surface area (Å²) < 4.78 is 0. The summed E-state index contributed by atoms with van der Waals surface area (Å²) in [4.78, 5) is 25.2. The highest BCUT2D eigenvalue weighted by atomic mass is 35.5. The van der Waals surface area contributed by atoms with Crippen molar-refractivity contribution in [1.29, 1.82) is 0 Å². The number of carbonyl (C=O) groups is 2. The summed E-state index contributed by atoms with van der Waals surface area (Å²) in [5.41, 5.74) is 0.815. The molecule has 100 valence electrons. The highest BCUT2D eigenvalue weighted by Crippen LogP contribution is 2.45. The summed E-state index contributed by atoms with van der Waals surface area (Å²) >= 11 is 6.25. The summed E-state index contributed by atoms with van der Waals surface area (Å²) in [5.74, 6) is -0.332. The predicted molar refractivity (Wildman–Crippen MR) is 78.0 cm³/mol. The van der Waals surface area contributed by atoms with Crippen LogP contribution in [0.3, 0.4) is 0 Å². The Labute approximate surface area is 121 Å². The second kappa shape index (κ2) is 4.46. The average molecular weight is 286 g/mol. The number of carbonyl (C=O) groups excluding carboxylic acids is 2. The largest absolute Gasteiger partial charge is 0.324 e. The number of likely N-dealkylation sites (N-methyl/N-ethyl adjacent to an activating group) is 1. The van der Waals surface area contributed by atoms with Crippen molar-refractivity contribution in [2.75, 3.05) is 7.05 Å². The molecule has 0 fully saturated rings. The number of benzene rings is 1. The van der Waals surface area contributed by atoms with Gasteiger partial charge in [0.25, 0.3) is 5.91 Å². The minimum atomic E-state index is -0.774. The Morgan fingerprint density at radius 3 is 2.25 bits per heavy atom. The van der Waals surface area contributed by atoms with Crippen LogP contribution in [0.5, 0.6) is 0 Å². The monoisotopic (exact) mass is 285 g/mol. The van der Waals surface area contributed by atoms with Crippen LogP contribution in [-0.4, -0.2) is 29.2 Å². The van der Waals surface area contributed by atoms with E-state index in [1.54, 1.807) is 24.1 Å². The number of nitrogens with zero attached hydrogens (tertiary/aromatic N) is 1. The van der Waals surface area contributed by atoms with E-state index in [0.29, 0.717) is 5.57 Å². The average Bonchev–Trinajstić information content (AvgIpc) is 2.65. The maximum atomic E-state index is 12.2. The highest BCUT2D eigenvalue weighted by molar-refractivity contribution is 6.47. The van der Waals surface area contributed by atoms with Crippen molar-refractivity contribution in [3.8, 4) is 0 Å². The van der Waals surface area contributed by atoms with E-state index in [9.17, 15) is 9.59 Å². The van der Waals surface area contributed by atoms with E-state index in [1.807, 2.05) is 30.3 Å². The third-order valence-electron chi connectivity index (χ3n) is 3.73. The van der Waals surface area contributed by atoms with Crippen molar-refractivity contribution in [2.24, 2.45) is 0 Å². The Morgan fingerprint density at radius 2 is 1.65 bits per heavy atom. The lowest BCUT2D eigenvalue weighted by Gasteiger charge is -2.34. The lowest BCUT2D eigenvalue weighted by Crippen LogP contribution is -2.43. The third-order valence-corrected chi connectivity index (χ3v) is 4.08. The van der Waals surface area contributed by atoms with E-state index in [0.717, 1.165) is 5.56 Å². The molecule has 20 heavy (non-hydrogen) atoms. The van der Waals surface area contributed by atoms with Crippen molar-refractivity contribution in [3.63, 3.8) is 0 Å². The Balaban J connectivity index is 2.23. The van der Waals surface area contributed by atoms with Crippen molar-refractivity contribution >= 4 is 28.9 Å². The van der Waals surface area contributed by atoms with Gasteiger partial charge in [-0.3, -0.25) is 9.59 Å². The molecule has 1 aromatic carbocycles. The van der Waals surface area contributed by atoms with Crippen LogP contribution in [0.25, 0.3) is 5.57 Å². The third kappa shape index (κ3) is 1.67. The van der Waals surface area contributed by atoms with Gasteiger partial charge in [0.15, 0.2) is 5.78 Å². The smallest absolute Gasteiger partial charge is 0.266 e. The van der Waals surface area contributed by atoms with Crippen molar-refractivity contribution in [1.82, 2.24) is 4.90 Å². The van der Waals surface area contributed by atoms with Gasteiger partial charge >= 0.3 is 0 Å².